The van der Waals surface area contributed by atoms with Gasteiger partial charge < -0.3 is 0 Å². The van der Waals surface area contributed by atoms with Crippen LogP contribution in [0.3, 0.4) is 0 Å². The fourth-order valence-electron chi connectivity index (χ4n) is 1.61. The van der Waals surface area contributed by atoms with Crippen molar-refractivity contribution in [1.82, 2.24) is 0 Å². The van der Waals surface area contributed by atoms with Crippen molar-refractivity contribution in [3.8, 4) is 0 Å². The van der Waals surface area contributed by atoms with Crippen LogP contribution in [0.2, 0.25) is 4.71 Å². The van der Waals surface area contributed by atoms with Gasteiger partial charge in [0.25, 0.3) is 0 Å². The zero-order valence-corrected chi connectivity index (χ0v) is 8.12. The third-order valence-corrected chi connectivity index (χ3v) is 2.91. The molecule has 0 fully saturated rings. The number of benzene rings is 1. The van der Waals surface area contributed by atoms with Gasteiger partial charge in [0.05, 0.1) is 0 Å². The minimum atomic E-state index is 0.749. The van der Waals surface area contributed by atoms with Gasteiger partial charge in [-0.05, 0) is 0 Å². The van der Waals surface area contributed by atoms with E-state index in [-0.39, 0.29) is 0 Å². The predicted octanol–water partition coefficient (Wildman–Crippen LogP) is 1.32. The molecule has 0 aromatic heterocycles. The Labute approximate surface area is 75.5 Å². The molecule has 1 unspecified atom stereocenters. The molecule has 0 saturated carbocycles. The number of nitrogens with two attached hydrogens (primary N) is 1. The molecule has 1 aliphatic carbocycles. The molecule has 11 heavy (non-hydrogen) atoms. The first kappa shape index (κ1) is 7.24. The van der Waals surface area contributed by atoms with Crippen LogP contribution in [0.25, 0.3) is 0 Å². The second-order valence-corrected chi connectivity index (χ2v) is 4.62. The first-order chi connectivity index (χ1) is 5.25. The van der Waals surface area contributed by atoms with E-state index in [9.17, 15) is 0 Å². The molecule has 0 saturated heterocycles. The molecular formula is C9H10AsN. The average molecular weight is 207 g/mol. The summed E-state index contributed by atoms with van der Waals surface area (Å²) in [5, 5.41) is 0. The predicted molar refractivity (Wildman–Crippen MR) is 47.8 cm³/mol. The van der Waals surface area contributed by atoms with E-state index in [1.165, 1.54) is 24.0 Å². The maximum absolute atomic E-state index is 5.67. The van der Waals surface area contributed by atoms with Gasteiger partial charge in [-0.1, -0.05) is 0 Å². The van der Waals surface area contributed by atoms with Crippen LogP contribution >= 0.6 is 0 Å². The summed E-state index contributed by atoms with van der Waals surface area (Å²) >= 11 is 2.73. The molecule has 1 nitrogen and oxygen atoms in total. The summed E-state index contributed by atoms with van der Waals surface area (Å²) in [6.45, 7) is 0. The summed E-state index contributed by atoms with van der Waals surface area (Å²) in [7, 11) is 0. The molecule has 0 aliphatic heterocycles. The molecule has 2 N–H and O–H groups in total. The number of fused-ring (bicyclic) bond motifs is 1. The minimum absolute atomic E-state index is 0.749. The van der Waals surface area contributed by atoms with Crippen molar-refractivity contribution in [2.75, 3.05) is 5.73 Å². The van der Waals surface area contributed by atoms with Crippen LogP contribution in [0.15, 0.2) is 18.2 Å². The van der Waals surface area contributed by atoms with Gasteiger partial charge >= 0.3 is 75.1 Å². The van der Waals surface area contributed by atoms with Crippen molar-refractivity contribution in [1.29, 1.82) is 0 Å². The molecule has 1 aromatic rings. The van der Waals surface area contributed by atoms with Crippen LogP contribution in [0.5, 0.6) is 0 Å². The van der Waals surface area contributed by atoms with Gasteiger partial charge in [0.2, 0.25) is 0 Å². The molecule has 1 atom stereocenters. The first-order valence-electron chi connectivity index (χ1n) is 3.81. The van der Waals surface area contributed by atoms with E-state index in [2.05, 4.69) is 29.0 Å². The van der Waals surface area contributed by atoms with Gasteiger partial charge in [-0.15, -0.1) is 0 Å². The number of anilines is 1. The molecule has 1 aromatic carbocycles. The molecular weight excluding hydrogens is 197 g/mol. The number of nitrogen functional groups attached to an aromatic ring is 1. The van der Waals surface area contributed by atoms with Crippen LogP contribution in [0, 0.1) is 0 Å². The Morgan fingerprint density at radius 1 is 1.27 bits per heavy atom. The van der Waals surface area contributed by atoms with Gasteiger partial charge in [-0.3, -0.25) is 0 Å². The van der Waals surface area contributed by atoms with Gasteiger partial charge in [0.1, 0.15) is 0 Å². The van der Waals surface area contributed by atoms with E-state index in [0.29, 0.717) is 0 Å². The summed E-state index contributed by atoms with van der Waals surface area (Å²) < 4.78 is 0.749. The van der Waals surface area contributed by atoms with Crippen LogP contribution in [0.1, 0.15) is 11.1 Å². The number of hydrogen-bond donors (Lipinski definition) is 1. The van der Waals surface area contributed by atoms with E-state index in [0.717, 1.165) is 10.4 Å². The average Bonchev–Trinajstić information content (AvgIpc) is 2.27. The molecule has 0 spiro atoms. The van der Waals surface area contributed by atoms with Crippen LogP contribution in [0.4, 0.5) is 5.69 Å². The Morgan fingerprint density at radius 2 is 2.00 bits per heavy atom. The van der Waals surface area contributed by atoms with Crippen molar-refractivity contribution in [3.05, 3.63) is 29.3 Å². The topological polar surface area (TPSA) is 26.0 Å². The van der Waals surface area contributed by atoms with Crippen molar-refractivity contribution < 1.29 is 0 Å². The Bertz CT molecular complexity index is 283. The third kappa shape index (κ3) is 1.30. The number of rotatable bonds is 0. The van der Waals surface area contributed by atoms with E-state index in [1.54, 1.807) is 0 Å². The van der Waals surface area contributed by atoms with E-state index < -0.39 is 0 Å². The normalized spacial score (nSPS) is 21.7. The second kappa shape index (κ2) is 2.56. The SMILES string of the molecule is Nc1ccc2c(c1)CC([As])C2. The van der Waals surface area contributed by atoms with Gasteiger partial charge in [-0.2, -0.15) is 0 Å². The van der Waals surface area contributed by atoms with Crippen molar-refractivity contribution in [2.45, 2.75) is 17.5 Å². The summed E-state index contributed by atoms with van der Waals surface area (Å²) in [6.07, 6.45) is 2.38. The Morgan fingerprint density at radius 3 is 2.82 bits per heavy atom. The summed E-state index contributed by atoms with van der Waals surface area (Å²) in [4.78, 5) is 0. The van der Waals surface area contributed by atoms with E-state index in [1.807, 2.05) is 6.07 Å². The zero-order chi connectivity index (χ0) is 7.84. The zero-order valence-electron chi connectivity index (χ0n) is 6.25. The maximum atomic E-state index is 5.67. The molecule has 0 amide bonds. The Kier molecular flexibility index (Phi) is 1.69. The van der Waals surface area contributed by atoms with E-state index in [4.69, 9.17) is 5.73 Å². The van der Waals surface area contributed by atoms with Crippen LogP contribution < -0.4 is 5.73 Å². The summed E-state index contributed by atoms with van der Waals surface area (Å²) in [6, 6.07) is 6.24. The van der Waals surface area contributed by atoms with Gasteiger partial charge in [-0.25, -0.2) is 0 Å². The quantitative estimate of drug-likeness (QED) is 0.504. The fourth-order valence-corrected chi connectivity index (χ4v) is 2.44. The van der Waals surface area contributed by atoms with Gasteiger partial charge in [0.15, 0.2) is 0 Å². The van der Waals surface area contributed by atoms with Crippen LogP contribution in [-0.4, -0.2) is 16.9 Å². The number of hydrogen-bond acceptors (Lipinski definition) is 1. The monoisotopic (exact) mass is 207 g/mol. The van der Waals surface area contributed by atoms with Crippen molar-refractivity contribution in [2.24, 2.45) is 0 Å². The standard InChI is InChI=1S/C9H10AsN/c10-8-3-6-1-2-9(11)5-7(6)4-8/h1-2,5,8H,3-4,11H2. The summed E-state index contributed by atoms with van der Waals surface area (Å²) in [5.74, 6) is 0. The fraction of sp³-hybridized carbons (Fsp3) is 0.333. The molecule has 0 heterocycles. The molecule has 0 bridgehead atoms. The van der Waals surface area contributed by atoms with E-state index >= 15 is 0 Å². The summed E-state index contributed by atoms with van der Waals surface area (Å²) in [5.41, 5.74) is 9.48. The Hall–Kier alpha value is -0.422. The van der Waals surface area contributed by atoms with Crippen molar-refractivity contribution in [3.63, 3.8) is 0 Å². The Balaban J connectivity index is 2.43. The molecule has 56 valence electrons. The van der Waals surface area contributed by atoms with Crippen LogP contribution in [-0.2, 0) is 12.8 Å². The molecule has 2 rings (SSSR count). The second-order valence-electron chi connectivity index (χ2n) is 3.09. The van der Waals surface area contributed by atoms with Gasteiger partial charge in [0, 0.05) is 0 Å². The molecule has 2 radical (unpaired) electrons. The third-order valence-electron chi connectivity index (χ3n) is 2.14. The molecule has 2 heteroatoms. The molecule has 1 aliphatic rings. The van der Waals surface area contributed by atoms with Crippen molar-refractivity contribution >= 4 is 22.5 Å². The first-order valence-corrected chi connectivity index (χ1v) is 4.89.